The van der Waals surface area contributed by atoms with Crippen molar-refractivity contribution in [3.05, 3.63) is 35.6 Å². The Kier molecular flexibility index (Phi) is 5.57. The number of carbonyl (C=O) groups is 1. The molecule has 1 fully saturated rings. The van der Waals surface area contributed by atoms with Gasteiger partial charge in [0.05, 0.1) is 6.42 Å². The highest BCUT2D eigenvalue weighted by molar-refractivity contribution is 5.71. The molecule has 0 radical (unpaired) electrons. The highest BCUT2D eigenvalue weighted by Gasteiger charge is 2.29. The van der Waals surface area contributed by atoms with Crippen molar-refractivity contribution in [2.24, 2.45) is 5.92 Å². The summed E-state index contributed by atoms with van der Waals surface area (Å²) in [6.45, 7) is 7.57. The molecule has 4 heteroatoms. The third kappa shape index (κ3) is 5.09. The maximum absolute atomic E-state index is 13.2. The summed E-state index contributed by atoms with van der Waals surface area (Å²) in [4.78, 5) is 12.2. The second-order valence-corrected chi connectivity index (χ2v) is 7.04. The maximum atomic E-state index is 13.2. The molecule has 0 amide bonds. The fourth-order valence-electron chi connectivity index (χ4n) is 3.08. The van der Waals surface area contributed by atoms with Gasteiger partial charge in [-0.3, -0.25) is 4.79 Å². The molecule has 0 saturated carbocycles. The topological polar surface area (TPSA) is 38.3 Å². The molecule has 0 spiro atoms. The van der Waals surface area contributed by atoms with E-state index in [0.29, 0.717) is 12.3 Å². The summed E-state index contributed by atoms with van der Waals surface area (Å²) in [6, 6.07) is 6.54. The second kappa shape index (κ2) is 7.23. The van der Waals surface area contributed by atoms with Crippen molar-refractivity contribution in [3.8, 4) is 0 Å². The molecule has 1 atom stereocenters. The number of hydrogen-bond acceptors (Lipinski definition) is 3. The minimum absolute atomic E-state index is 0.0950. The van der Waals surface area contributed by atoms with Crippen LogP contribution >= 0.6 is 0 Å². The summed E-state index contributed by atoms with van der Waals surface area (Å²) in [6.07, 6.45) is 2.42. The summed E-state index contributed by atoms with van der Waals surface area (Å²) in [7, 11) is 0. The van der Waals surface area contributed by atoms with Gasteiger partial charge >= 0.3 is 5.97 Å². The average Bonchev–Trinajstić information content (AvgIpc) is 2.45. The summed E-state index contributed by atoms with van der Waals surface area (Å²) in [5.41, 5.74) is 0.553. The van der Waals surface area contributed by atoms with E-state index in [1.54, 1.807) is 12.1 Å². The lowest BCUT2D eigenvalue weighted by atomic mass is 9.78. The monoisotopic (exact) mass is 307 g/mol. The van der Waals surface area contributed by atoms with Crippen molar-refractivity contribution < 1.29 is 13.9 Å². The van der Waals surface area contributed by atoms with E-state index in [1.807, 2.05) is 20.8 Å². The Morgan fingerprint density at radius 2 is 1.86 bits per heavy atom. The summed E-state index contributed by atoms with van der Waals surface area (Å²) < 4.78 is 18.7. The number of carbonyl (C=O) groups excluding carboxylic acids is 1. The Balaban J connectivity index is 2.14. The van der Waals surface area contributed by atoms with Gasteiger partial charge < -0.3 is 10.1 Å². The minimum Gasteiger partial charge on any atom is -0.460 e. The number of rotatable bonds is 4. The van der Waals surface area contributed by atoms with E-state index in [9.17, 15) is 9.18 Å². The Labute approximate surface area is 132 Å². The van der Waals surface area contributed by atoms with Crippen molar-refractivity contribution >= 4 is 5.97 Å². The molecule has 1 heterocycles. The smallest absolute Gasteiger partial charge is 0.306 e. The van der Waals surface area contributed by atoms with Crippen LogP contribution < -0.4 is 5.32 Å². The van der Waals surface area contributed by atoms with E-state index in [4.69, 9.17) is 4.74 Å². The lowest BCUT2D eigenvalue weighted by molar-refractivity contribution is -0.155. The molecule has 1 unspecified atom stereocenters. The molecular formula is C18H26FNO2. The van der Waals surface area contributed by atoms with Gasteiger partial charge in [0, 0.05) is 0 Å². The molecule has 0 aromatic heterocycles. The first kappa shape index (κ1) is 16.9. The molecule has 1 aromatic carbocycles. The fourth-order valence-corrected chi connectivity index (χ4v) is 3.08. The van der Waals surface area contributed by atoms with Crippen LogP contribution in [0.15, 0.2) is 24.3 Å². The van der Waals surface area contributed by atoms with E-state index in [2.05, 4.69) is 5.32 Å². The number of piperidine rings is 1. The van der Waals surface area contributed by atoms with Gasteiger partial charge in [0.15, 0.2) is 0 Å². The number of hydrogen-bond donors (Lipinski definition) is 1. The van der Waals surface area contributed by atoms with E-state index < -0.39 is 5.60 Å². The molecule has 1 aliphatic heterocycles. The number of halogens is 1. The van der Waals surface area contributed by atoms with Gasteiger partial charge in [0.1, 0.15) is 11.4 Å². The molecule has 2 rings (SSSR count). The standard InChI is InChI=1S/C18H26FNO2/c1-18(2,3)22-17(21)12-16(14-8-10-20-11-9-14)13-4-6-15(19)7-5-13/h4-7,14,16,20H,8-12H2,1-3H3. The maximum Gasteiger partial charge on any atom is 0.306 e. The molecule has 122 valence electrons. The fraction of sp³-hybridized carbons (Fsp3) is 0.611. The summed E-state index contributed by atoms with van der Waals surface area (Å²) in [5, 5.41) is 3.35. The Bertz CT molecular complexity index is 487. The molecule has 3 nitrogen and oxygen atoms in total. The van der Waals surface area contributed by atoms with Crippen molar-refractivity contribution in [2.75, 3.05) is 13.1 Å². The lowest BCUT2D eigenvalue weighted by Crippen LogP contribution is -2.33. The van der Waals surface area contributed by atoms with Crippen molar-refractivity contribution in [1.82, 2.24) is 5.32 Å². The molecule has 1 aliphatic rings. The predicted molar refractivity (Wildman–Crippen MR) is 85.2 cm³/mol. The van der Waals surface area contributed by atoms with Gasteiger partial charge in [-0.25, -0.2) is 4.39 Å². The molecule has 1 aromatic rings. The van der Waals surface area contributed by atoms with E-state index in [-0.39, 0.29) is 17.7 Å². The average molecular weight is 307 g/mol. The zero-order valence-corrected chi connectivity index (χ0v) is 13.7. The molecule has 1 saturated heterocycles. The largest absolute Gasteiger partial charge is 0.460 e. The van der Waals surface area contributed by atoms with Crippen molar-refractivity contribution in [2.45, 2.75) is 51.6 Å². The number of benzene rings is 1. The van der Waals surface area contributed by atoms with Crippen LogP contribution in [-0.4, -0.2) is 24.7 Å². The molecule has 0 aliphatic carbocycles. The Morgan fingerprint density at radius 3 is 2.41 bits per heavy atom. The van der Waals surface area contributed by atoms with Gasteiger partial charge in [0.25, 0.3) is 0 Å². The minimum atomic E-state index is -0.474. The second-order valence-electron chi connectivity index (χ2n) is 7.04. The molecule has 0 bridgehead atoms. The van der Waals surface area contributed by atoms with Gasteiger partial charge in [-0.1, -0.05) is 12.1 Å². The van der Waals surface area contributed by atoms with Gasteiger partial charge in [-0.2, -0.15) is 0 Å². The van der Waals surface area contributed by atoms with Crippen LogP contribution in [0.2, 0.25) is 0 Å². The van der Waals surface area contributed by atoms with E-state index >= 15 is 0 Å². The first-order valence-electron chi connectivity index (χ1n) is 8.03. The quantitative estimate of drug-likeness (QED) is 0.863. The van der Waals surface area contributed by atoms with E-state index in [0.717, 1.165) is 31.5 Å². The number of esters is 1. The van der Waals surface area contributed by atoms with Crippen LogP contribution in [0.4, 0.5) is 4.39 Å². The normalized spacial score (nSPS) is 18.0. The van der Waals surface area contributed by atoms with E-state index in [1.165, 1.54) is 12.1 Å². The molecule has 22 heavy (non-hydrogen) atoms. The first-order valence-corrected chi connectivity index (χ1v) is 8.03. The number of ether oxygens (including phenoxy) is 1. The third-order valence-corrected chi connectivity index (χ3v) is 4.06. The zero-order chi connectivity index (χ0) is 16.2. The van der Waals surface area contributed by atoms with Gasteiger partial charge in [-0.05, 0) is 76.2 Å². The van der Waals surface area contributed by atoms with Crippen LogP contribution in [0.3, 0.4) is 0 Å². The zero-order valence-electron chi connectivity index (χ0n) is 13.7. The SMILES string of the molecule is CC(C)(C)OC(=O)CC(c1ccc(F)cc1)C1CCNCC1. The summed E-state index contributed by atoms with van der Waals surface area (Å²) in [5.74, 6) is 0.0993. The first-order chi connectivity index (χ1) is 10.3. The van der Waals surface area contributed by atoms with Crippen LogP contribution in [0.25, 0.3) is 0 Å². The highest BCUT2D eigenvalue weighted by Crippen LogP contribution is 2.34. The third-order valence-electron chi connectivity index (χ3n) is 4.06. The lowest BCUT2D eigenvalue weighted by Gasteiger charge is -2.31. The van der Waals surface area contributed by atoms with Crippen LogP contribution in [0.1, 0.15) is 51.5 Å². The van der Waals surface area contributed by atoms with Crippen molar-refractivity contribution in [1.29, 1.82) is 0 Å². The van der Waals surface area contributed by atoms with Crippen LogP contribution in [-0.2, 0) is 9.53 Å². The van der Waals surface area contributed by atoms with Crippen molar-refractivity contribution in [3.63, 3.8) is 0 Å². The molecule has 1 N–H and O–H groups in total. The van der Waals surface area contributed by atoms with Gasteiger partial charge in [-0.15, -0.1) is 0 Å². The Hall–Kier alpha value is -1.42. The van der Waals surface area contributed by atoms with Crippen LogP contribution in [0.5, 0.6) is 0 Å². The number of nitrogens with one attached hydrogen (secondary N) is 1. The molecular weight excluding hydrogens is 281 g/mol. The van der Waals surface area contributed by atoms with Gasteiger partial charge in [0.2, 0.25) is 0 Å². The highest BCUT2D eigenvalue weighted by atomic mass is 19.1. The Morgan fingerprint density at radius 1 is 1.27 bits per heavy atom. The predicted octanol–water partition coefficient (Wildman–Crippen LogP) is 3.64. The van der Waals surface area contributed by atoms with Crippen LogP contribution in [0, 0.1) is 11.7 Å². The summed E-state index contributed by atoms with van der Waals surface area (Å²) >= 11 is 0.